The molecule has 0 aliphatic heterocycles. The third-order valence-electron chi connectivity index (χ3n) is 1.70. The molecule has 0 bridgehead atoms. The fraction of sp³-hybridized carbons (Fsp3) is 0.250. The Balaban J connectivity index is 2.57. The summed E-state index contributed by atoms with van der Waals surface area (Å²) in [4.78, 5) is 0. The molecule has 0 amide bonds. The molecule has 0 aromatic carbocycles. The molecule has 0 aliphatic rings. The van der Waals surface area contributed by atoms with Crippen LogP contribution in [0.3, 0.4) is 0 Å². The Kier molecular flexibility index (Phi) is 1.84. The van der Waals surface area contributed by atoms with Crippen LogP contribution in [0.2, 0.25) is 5.22 Å². The quantitative estimate of drug-likeness (QED) is 0.707. The Hall–Kier alpha value is -1.29. The lowest BCUT2D eigenvalue weighted by atomic mass is 10.2. The first-order valence-corrected chi connectivity index (χ1v) is 4.11. The number of aryl methyl sites for hydroxylation is 2. The highest BCUT2D eigenvalue weighted by molar-refractivity contribution is 6.31. The monoisotopic (exact) mass is 198 g/mol. The van der Waals surface area contributed by atoms with Crippen molar-refractivity contribution in [3.63, 3.8) is 0 Å². The van der Waals surface area contributed by atoms with Crippen molar-refractivity contribution in [2.24, 2.45) is 0 Å². The van der Waals surface area contributed by atoms with Crippen LogP contribution in [0.15, 0.2) is 15.1 Å². The molecule has 2 rings (SSSR count). The Labute approximate surface area is 79.5 Å². The summed E-state index contributed by atoms with van der Waals surface area (Å²) in [5, 5.41) is 7.69. The molecule has 5 heteroatoms. The van der Waals surface area contributed by atoms with Crippen molar-refractivity contribution in [2.45, 2.75) is 13.8 Å². The molecule has 0 saturated carbocycles. The predicted molar refractivity (Wildman–Crippen MR) is 46.5 cm³/mol. The molecule has 0 N–H and O–H groups in total. The molecule has 0 aliphatic carbocycles. The summed E-state index contributed by atoms with van der Waals surface area (Å²) >= 11 is 5.77. The Morgan fingerprint density at radius 3 is 2.46 bits per heavy atom. The lowest BCUT2D eigenvalue weighted by Gasteiger charge is -1.88. The standard InChI is InChI=1S/C8H7ClN2O2/c1-4-3-6(12-10-4)7-5(2)11-13-8(7)9/h3H,1-2H3. The van der Waals surface area contributed by atoms with Gasteiger partial charge in [0.25, 0.3) is 0 Å². The number of nitrogens with zero attached hydrogens (tertiary/aromatic N) is 2. The zero-order valence-electron chi connectivity index (χ0n) is 7.17. The van der Waals surface area contributed by atoms with Gasteiger partial charge in [0, 0.05) is 6.07 Å². The Morgan fingerprint density at radius 2 is 2.00 bits per heavy atom. The highest BCUT2D eigenvalue weighted by Gasteiger charge is 2.16. The highest BCUT2D eigenvalue weighted by Crippen LogP contribution is 2.30. The second-order valence-corrected chi connectivity index (χ2v) is 3.09. The second kappa shape index (κ2) is 2.88. The lowest BCUT2D eigenvalue weighted by Crippen LogP contribution is -1.75. The zero-order chi connectivity index (χ0) is 9.42. The van der Waals surface area contributed by atoms with E-state index in [0.717, 1.165) is 5.69 Å². The van der Waals surface area contributed by atoms with Crippen LogP contribution in [-0.4, -0.2) is 10.3 Å². The molecule has 0 saturated heterocycles. The highest BCUT2D eigenvalue weighted by atomic mass is 35.5. The maximum Gasteiger partial charge on any atom is 0.237 e. The van der Waals surface area contributed by atoms with E-state index in [1.165, 1.54) is 0 Å². The van der Waals surface area contributed by atoms with Gasteiger partial charge in [0.05, 0.1) is 11.4 Å². The third-order valence-corrected chi connectivity index (χ3v) is 1.95. The first kappa shape index (κ1) is 8.31. The third kappa shape index (κ3) is 1.33. The predicted octanol–water partition coefficient (Wildman–Crippen LogP) is 2.60. The minimum absolute atomic E-state index is 0.230. The van der Waals surface area contributed by atoms with Crippen molar-refractivity contribution in [2.75, 3.05) is 0 Å². The van der Waals surface area contributed by atoms with Crippen LogP contribution in [-0.2, 0) is 0 Å². The summed E-state index contributed by atoms with van der Waals surface area (Å²) in [6.45, 7) is 3.63. The fourth-order valence-corrected chi connectivity index (χ4v) is 1.36. The largest absolute Gasteiger partial charge is 0.356 e. The molecule has 68 valence electrons. The van der Waals surface area contributed by atoms with Crippen molar-refractivity contribution in [1.29, 1.82) is 0 Å². The van der Waals surface area contributed by atoms with E-state index in [4.69, 9.17) is 20.6 Å². The van der Waals surface area contributed by atoms with Gasteiger partial charge in [-0.1, -0.05) is 10.3 Å². The number of hydrogen-bond acceptors (Lipinski definition) is 4. The molecule has 2 heterocycles. The van der Waals surface area contributed by atoms with Crippen molar-refractivity contribution < 1.29 is 9.05 Å². The lowest BCUT2D eigenvalue weighted by molar-refractivity contribution is 0.414. The van der Waals surface area contributed by atoms with Crippen molar-refractivity contribution >= 4 is 11.6 Å². The first-order chi connectivity index (χ1) is 6.18. The Morgan fingerprint density at radius 1 is 1.23 bits per heavy atom. The van der Waals surface area contributed by atoms with E-state index in [0.29, 0.717) is 17.0 Å². The number of aromatic nitrogens is 2. The maximum atomic E-state index is 5.77. The van der Waals surface area contributed by atoms with Gasteiger partial charge in [-0.2, -0.15) is 0 Å². The summed E-state index contributed by atoms with van der Waals surface area (Å²) in [5.74, 6) is 0.584. The molecular weight excluding hydrogens is 192 g/mol. The minimum Gasteiger partial charge on any atom is -0.356 e. The van der Waals surface area contributed by atoms with E-state index in [1.807, 2.05) is 6.92 Å². The van der Waals surface area contributed by atoms with E-state index in [9.17, 15) is 0 Å². The smallest absolute Gasteiger partial charge is 0.237 e. The number of rotatable bonds is 1. The zero-order valence-corrected chi connectivity index (χ0v) is 7.92. The Bertz CT molecular complexity index is 414. The maximum absolute atomic E-state index is 5.77. The topological polar surface area (TPSA) is 52.1 Å². The molecule has 0 atom stereocenters. The summed E-state index contributed by atoms with van der Waals surface area (Å²) in [7, 11) is 0. The van der Waals surface area contributed by atoms with Gasteiger partial charge in [-0.25, -0.2) is 0 Å². The van der Waals surface area contributed by atoms with Crippen LogP contribution in [0, 0.1) is 13.8 Å². The molecule has 0 fully saturated rings. The molecule has 0 radical (unpaired) electrons. The minimum atomic E-state index is 0.230. The van der Waals surface area contributed by atoms with Gasteiger partial charge >= 0.3 is 0 Å². The van der Waals surface area contributed by atoms with E-state index in [-0.39, 0.29) is 5.22 Å². The van der Waals surface area contributed by atoms with Crippen LogP contribution in [0.5, 0.6) is 0 Å². The first-order valence-electron chi connectivity index (χ1n) is 3.74. The van der Waals surface area contributed by atoms with E-state index in [2.05, 4.69) is 10.3 Å². The molecule has 2 aromatic rings. The molecule has 0 unspecified atom stereocenters. The van der Waals surface area contributed by atoms with Gasteiger partial charge in [0.2, 0.25) is 5.22 Å². The molecule has 4 nitrogen and oxygen atoms in total. The molecule has 0 spiro atoms. The van der Waals surface area contributed by atoms with Crippen molar-refractivity contribution in [3.05, 3.63) is 22.7 Å². The number of hydrogen-bond donors (Lipinski definition) is 0. The van der Waals surface area contributed by atoms with Gasteiger partial charge in [-0.3, -0.25) is 0 Å². The van der Waals surface area contributed by atoms with Gasteiger partial charge in [0.1, 0.15) is 5.56 Å². The van der Waals surface area contributed by atoms with Gasteiger partial charge < -0.3 is 9.05 Å². The van der Waals surface area contributed by atoms with Gasteiger partial charge in [0.15, 0.2) is 5.76 Å². The van der Waals surface area contributed by atoms with Crippen molar-refractivity contribution in [3.8, 4) is 11.3 Å². The van der Waals surface area contributed by atoms with Crippen molar-refractivity contribution in [1.82, 2.24) is 10.3 Å². The summed E-state index contributed by atoms with van der Waals surface area (Å²) in [6.07, 6.45) is 0. The van der Waals surface area contributed by atoms with Crippen LogP contribution >= 0.6 is 11.6 Å². The second-order valence-electron chi connectivity index (χ2n) is 2.75. The van der Waals surface area contributed by atoms with Crippen LogP contribution in [0.4, 0.5) is 0 Å². The van der Waals surface area contributed by atoms with Crippen LogP contribution in [0.1, 0.15) is 11.4 Å². The fourth-order valence-electron chi connectivity index (χ4n) is 1.10. The van der Waals surface area contributed by atoms with E-state index >= 15 is 0 Å². The van der Waals surface area contributed by atoms with E-state index in [1.54, 1.807) is 13.0 Å². The average molecular weight is 199 g/mol. The van der Waals surface area contributed by atoms with Crippen LogP contribution in [0.25, 0.3) is 11.3 Å². The summed E-state index contributed by atoms with van der Waals surface area (Å²) in [5.41, 5.74) is 2.16. The molecule has 13 heavy (non-hydrogen) atoms. The molecular formula is C8H7ClN2O2. The SMILES string of the molecule is Cc1cc(-c2c(C)noc2Cl)on1. The summed E-state index contributed by atoms with van der Waals surface area (Å²) < 4.78 is 9.82. The summed E-state index contributed by atoms with van der Waals surface area (Å²) in [6, 6.07) is 1.78. The molecule has 2 aromatic heterocycles. The van der Waals surface area contributed by atoms with Gasteiger partial charge in [-0.15, -0.1) is 0 Å². The normalized spacial score (nSPS) is 10.7. The van der Waals surface area contributed by atoms with E-state index < -0.39 is 0 Å². The van der Waals surface area contributed by atoms with Gasteiger partial charge in [-0.05, 0) is 25.4 Å². The van der Waals surface area contributed by atoms with Crippen LogP contribution < -0.4 is 0 Å². The number of halogens is 1. The average Bonchev–Trinajstić information content (AvgIpc) is 2.60.